The van der Waals surface area contributed by atoms with Crippen LogP contribution >= 0.6 is 0 Å². The van der Waals surface area contributed by atoms with Crippen molar-refractivity contribution in [1.82, 2.24) is 5.32 Å². The SMILES string of the molecule is CCCCOc1c(C(=O)NCc2ccc(F)cc2)oc2ccccc2c1=O. The Balaban J connectivity index is 1.90. The standard InChI is InChI=1S/C21H20FNO4/c1-2-3-12-26-19-18(24)16-6-4-5-7-17(16)27-20(19)21(25)23-13-14-8-10-15(22)11-9-14/h4-11H,2-3,12-13H2,1H3,(H,23,25). The van der Waals surface area contributed by atoms with Crippen molar-refractivity contribution in [2.75, 3.05) is 6.61 Å². The van der Waals surface area contributed by atoms with Crippen LogP contribution in [0.15, 0.2) is 57.7 Å². The summed E-state index contributed by atoms with van der Waals surface area (Å²) in [6.45, 7) is 2.49. The van der Waals surface area contributed by atoms with Crippen LogP contribution in [-0.4, -0.2) is 12.5 Å². The number of benzene rings is 2. The number of unbranched alkanes of at least 4 members (excludes halogenated alkanes) is 1. The van der Waals surface area contributed by atoms with Crippen molar-refractivity contribution in [3.05, 3.63) is 75.9 Å². The van der Waals surface area contributed by atoms with E-state index >= 15 is 0 Å². The molecule has 3 rings (SSSR count). The lowest BCUT2D eigenvalue weighted by molar-refractivity contribution is 0.0916. The van der Waals surface area contributed by atoms with Gasteiger partial charge < -0.3 is 14.5 Å². The molecule has 0 saturated carbocycles. The van der Waals surface area contributed by atoms with E-state index in [-0.39, 0.29) is 29.3 Å². The molecule has 2 aromatic carbocycles. The van der Waals surface area contributed by atoms with E-state index in [0.29, 0.717) is 17.6 Å². The fraction of sp³-hybridized carbons (Fsp3) is 0.238. The van der Waals surface area contributed by atoms with Gasteiger partial charge in [0.15, 0.2) is 0 Å². The summed E-state index contributed by atoms with van der Waals surface area (Å²) in [5.74, 6) is -1.15. The normalized spacial score (nSPS) is 10.7. The molecule has 1 aromatic heterocycles. The maximum Gasteiger partial charge on any atom is 0.291 e. The minimum atomic E-state index is -0.561. The highest BCUT2D eigenvalue weighted by Crippen LogP contribution is 2.21. The smallest absolute Gasteiger partial charge is 0.291 e. The van der Waals surface area contributed by atoms with Crippen LogP contribution in [0.3, 0.4) is 0 Å². The highest BCUT2D eigenvalue weighted by molar-refractivity contribution is 5.96. The van der Waals surface area contributed by atoms with Crippen LogP contribution in [0, 0.1) is 5.82 Å². The highest BCUT2D eigenvalue weighted by atomic mass is 19.1. The molecule has 0 radical (unpaired) electrons. The Hall–Kier alpha value is -3.15. The number of hydrogen-bond acceptors (Lipinski definition) is 4. The van der Waals surface area contributed by atoms with Crippen molar-refractivity contribution in [2.24, 2.45) is 0 Å². The number of ether oxygens (including phenoxy) is 1. The second-order valence-electron chi connectivity index (χ2n) is 6.10. The molecule has 140 valence electrons. The maximum atomic E-state index is 13.0. The number of amides is 1. The third-order valence-electron chi connectivity index (χ3n) is 4.07. The van der Waals surface area contributed by atoms with Crippen LogP contribution in [0.25, 0.3) is 11.0 Å². The summed E-state index contributed by atoms with van der Waals surface area (Å²) >= 11 is 0. The molecule has 1 N–H and O–H groups in total. The first-order valence-electron chi connectivity index (χ1n) is 8.81. The van der Waals surface area contributed by atoms with Crippen LogP contribution in [-0.2, 0) is 6.54 Å². The summed E-state index contributed by atoms with van der Waals surface area (Å²) in [5, 5.41) is 3.04. The first-order chi connectivity index (χ1) is 13.1. The molecule has 0 saturated heterocycles. The minimum absolute atomic E-state index is 0.0845. The van der Waals surface area contributed by atoms with Crippen molar-refractivity contribution < 1.29 is 18.3 Å². The third kappa shape index (κ3) is 4.34. The summed E-state index contributed by atoms with van der Waals surface area (Å²) in [4.78, 5) is 25.4. The summed E-state index contributed by atoms with van der Waals surface area (Å²) < 4.78 is 24.3. The van der Waals surface area contributed by atoms with Gasteiger partial charge in [0.1, 0.15) is 11.4 Å². The molecule has 0 unspecified atom stereocenters. The number of hydrogen-bond donors (Lipinski definition) is 1. The molecule has 0 aliphatic carbocycles. The van der Waals surface area contributed by atoms with Crippen molar-refractivity contribution in [3.8, 4) is 5.75 Å². The van der Waals surface area contributed by atoms with Crippen molar-refractivity contribution >= 4 is 16.9 Å². The predicted octanol–water partition coefficient (Wildman–Crippen LogP) is 4.04. The number of para-hydroxylation sites is 1. The van der Waals surface area contributed by atoms with Gasteiger partial charge in [0, 0.05) is 6.54 Å². The average molecular weight is 369 g/mol. The summed E-state index contributed by atoms with van der Waals surface area (Å²) in [6, 6.07) is 12.5. The number of nitrogens with one attached hydrogen (secondary N) is 1. The van der Waals surface area contributed by atoms with Crippen LogP contribution in [0.4, 0.5) is 4.39 Å². The van der Waals surface area contributed by atoms with Gasteiger partial charge in [-0.15, -0.1) is 0 Å². The van der Waals surface area contributed by atoms with Crippen LogP contribution in [0.5, 0.6) is 5.75 Å². The molecule has 0 fully saturated rings. The molecular formula is C21H20FNO4. The van der Waals surface area contributed by atoms with Crippen LogP contribution in [0.2, 0.25) is 0 Å². The monoisotopic (exact) mass is 369 g/mol. The quantitative estimate of drug-likeness (QED) is 0.638. The van der Waals surface area contributed by atoms with Crippen LogP contribution in [0.1, 0.15) is 35.9 Å². The van der Waals surface area contributed by atoms with Gasteiger partial charge in [-0.2, -0.15) is 0 Å². The van der Waals surface area contributed by atoms with E-state index < -0.39 is 5.91 Å². The molecule has 0 atom stereocenters. The number of carbonyl (C=O) groups is 1. The molecule has 0 aliphatic heterocycles. The topological polar surface area (TPSA) is 68.5 Å². The molecule has 0 aliphatic rings. The molecule has 0 spiro atoms. The van der Waals surface area contributed by atoms with E-state index in [1.54, 1.807) is 36.4 Å². The molecule has 0 bridgehead atoms. The molecule has 27 heavy (non-hydrogen) atoms. The van der Waals surface area contributed by atoms with Gasteiger partial charge in [-0.3, -0.25) is 9.59 Å². The maximum absolute atomic E-state index is 13.0. The predicted molar refractivity (Wildman–Crippen MR) is 100 cm³/mol. The van der Waals surface area contributed by atoms with E-state index in [4.69, 9.17) is 9.15 Å². The fourth-order valence-corrected chi connectivity index (χ4v) is 2.59. The number of carbonyl (C=O) groups excluding carboxylic acids is 1. The number of halogens is 1. The molecule has 6 heteroatoms. The van der Waals surface area contributed by atoms with E-state index in [0.717, 1.165) is 18.4 Å². The lowest BCUT2D eigenvalue weighted by Gasteiger charge is -2.11. The van der Waals surface area contributed by atoms with Crippen molar-refractivity contribution in [2.45, 2.75) is 26.3 Å². The van der Waals surface area contributed by atoms with Crippen LogP contribution < -0.4 is 15.5 Å². The van der Waals surface area contributed by atoms with Gasteiger partial charge in [-0.1, -0.05) is 37.6 Å². The molecule has 5 nitrogen and oxygen atoms in total. The van der Waals surface area contributed by atoms with E-state index in [9.17, 15) is 14.0 Å². The lowest BCUT2D eigenvalue weighted by atomic mass is 10.2. The number of rotatable bonds is 7. The minimum Gasteiger partial charge on any atom is -0.486 e. The summed E-state index contributed by atoms with van der Waals surface area (Å²) in [5.41, 5.74) is 0.665. The van der Waals surface area contributed by atoms with Gasteiger partial charge in [0.2, 0.25) is 16.9 Å². The van der Waals surface area contributed by atoms with Gasteiger partial charge in [0.25, 0.3) is 5.91 Å². The average Bonchev–Trinajstić information content (AvgIpc) is 2.69. The zero-order chi connectivity index (χ0) is 19.2. The Morgan fingerprint density at radius 1 is 1.15 bits per heavy atom. The van der Waals surface area contributed by atoms with Gasteiger partial charge in [0.05, 0.1) is 12.0 Å². The largest absolute Gasteiger partial charge is 0.486 e. The van der Waals surface area contributed by atoms with Gasteiger partial charge in [-0.25, -0.2) is 4.39 Å². The molecular weight excluding hydrogens is 349 g/mol. The first kappa shape index (κ1) is 18.6. The summed E-state index contributed by atoms with van der Waals surface area (Å²) in [6.07, 6.45) is 1.65. The summed E-state index contributed by atoms with van der Waals surface area (Å²) in [7, 11) is 0. The Morgan fingerprint density at radius 3 is 2.63 bits per heavy atom. The Kier molecular flexibility index (Phi) is 5.86. The Labute approximate surface area is 155 Å². The lowest BCUT2D eigenvalue weighted by Crippen LogP contribution is -2.25. The second-order valence-corrected chi connectivity index (χ2v) is 6.10. The van der Waals surface area contributed by atoms with Gasteiger partial charge in [-0.05, 0) is 36.2 Å². The zero-order valence-corrected chi connectivity index (χ0v) is 15.0. The fourth-order valence-electron chi connectivity index (χ4n) is 2.59. The second kappa shape index (κ2) is 8.49. The highest BCUT2D eigenvalue weighted by Gasteiger charge is 2.21. The van der Waals surface area contributed by atoms with E-state index in [1.165, 1.54) is 12.1 Å². The zero-order valence-electron chi connectivity index (χ0n) is 15.0. The first-order valence-corrected chi connectivity index (χ1v) is 8.81. The Bertz CT molecular complexity index is 995. The molecule has 3 aromatic rings. The van der Waals surface area contributed by atoms with Crippen molar-refractivity contribution in [1.29, 1.82) is 0 Å². The Morgan fingerprint density at radius 2 is 1.89 bits per heavy atom. The van der Waals surface area contributed by atoms with E-state index in [1.807, 2.05) is 6.92 Å². The van der Waals surface area contributed by atoms with Gasteiger partial charge >= 0.3 is 0 Å². The molecule has 1 amide bonds. The molecule has 1 heterocycles. The van der Waals surface area contributed by atoms with E-state index in [2.05, 4.69) is 5.32 Å². The third-order valence-corrected chi connectivity index (χ3v) is 4.07. The number of fused-ring (bicyclic) bond motifs is 1. The van der Waals surface area contributed by atoms with Crippen molar-refractivity contribution in [3.63, 3.8) is 0 Å².